The Kier molecular flexibility index (Phi) is 4.21. The number of carbonyl (C=O) groups excluding carboxylic acids is 1. The van der Waals surface area contributed by atoms with Crippen molar-refractivity contribution in [2.24, 2.45) is 0 Å². The normalized spacial score (nSPS) is 13.0. The lowest BCUT2D eigenvalue weighted by atomic mass is 9.97. The molecule has 3 nitrogen and oxygen atoms in total. The molecule has 0 saturated heterocycles. The van der Waals surface area contributed by atoms with E-state index >= 15 is 0 Å². The molecule has 0 heterocycles. The second-order valence-electron chi connectivity index (χ2n) is 3.70. The van der Waals surface area contributed by atoms with Crippen LogP contribution in [0.25, 0.3) is 0 Å². The maximum Gasteiger partial charge on any atom is 0.416 e. The number of carbonyl (C=O) groups is 1. The molecule has 0 fully saturated rings. The van der Waals surface area contributed by atoms with Crippen molar-refractivity contribution in [1.82, 2.24) is 0 Å². The number of hydrogen-bond acceptors (Lipinski definition) is 3. The van der Waals surface area contributed by atoms with E-state index in [1.165, 1.54) is 27.2 Å². The van der Waals surface area contributed by atoms with E-state index in [1.807, 2.05) is 0 Å². The summed E-state index contributed by atoms with van der Waals surface area (Å²) in [6.07, 6.45) is -4.46. The first kappa shape index (κ1) is 14.3. The molecular weight excluding hydrogens is 249 g/mol. The number of rotatable bonds is 3. The fraction of sp³-hybridized carbons (Fsp3) is 0.417. The molecule has 0 aromatic heterocycles. The molecule has 0 amide bonds. The Morgan fingerprint density at radius 3 is 2.33 bits per heavy atom. The summed E-state index contributed by atoms with van der Waals surface area (Å²) in [5.41, 5.74) is -0.673. The molecular formula is C12H13F3O3. The van der Waals surface area contributed by atoms with Gasteiger partial charge in [0.2, 0.25) is 0 Å². The van der Waals surface area contributed by atoms with Gasteiger partial charge in [-0.1, -0.05) is 0 Å². The van der Waals surface area contributed by atoms with Gasteiger partial charge in [-0.2, -0.15) is 13.2 Å². The summed E-state index contributed by atoms with van der Waals surface area (Å²) in [6, 6.07) is 3.00. The molecule has 1 aromatic rings. The topological polar surface area (TPSA) is 35.5 Å². The molecule has 0 radical (unpaired) electrons. The molecule has 0 aliphatic heterocycles. The Hall–Kier alpha value is -1.72. The van der Waals surface area contributed by atoms with E-state index in [-0.39, 0.29) is 11.3 Å². The summed E-state index contributed by atoms with van der Waals surface area (Å²) in [6.45, 7) is 1.46. The van der Waals surface area contributed by atoms with Gasteiger partial charge in [-0.05, 0) is 25.1 Å². The van der Waals surface area contributed by atoms with Gasteiger partial charge in [0, 0.05) is 5.56 Å². The van der Waals surface area contributed by atoms with E-state index in [1.54, 1.807) is 0 Å². The molecule has 1 atom stereocenters. The minimum Gasteiger partial charge on any atom is -0.496 e. The van der Waals surface area contributed by atoms with Crippen molar-refractivity contribution in [3.8, 4) is 5.75 Å². The second kappa shape index (κ2) is 5.29. The number of hydrogen-bond donors (Lipinski definition) is 0. The van der Waals surface area contributed by atoms with E-state index in [0.717, 1.165) is 12.1 Å². The quantitative estimate of drug-likeness (QED) is 0.785. The Morgan fingerprint density at radius 1 is 1.28 bits per heavy atom. The maximum absolute atomic E-state index is 12.6. The lowest BCUT2D eigenvalue weighted by molar-refractivity contribution is -0.142. The first-order chi connectivity index (χ1) is 8.31. The minimum absolute atomic E-state index is 0.152. The lowest BCUT2D eigenvalue weighted by Crippen LogP contribution is -2.14. The first-order valence-electron chi connectivity index (χ1n) is 5.14. The monoisotopic (exact) mass is 262 g/mol. The second-order valence-corrected chi connectivity index (χ2v) is 3.70. The van der Waals surface area contributed by atoms with Crippen molar-refractivity contribution >= 4 is 5.97 Å². The van der Waals surface area contributed by atoms with E-state index in [0.29, 0.717) is 0 Å². The van der Waals surface area contributed by atoms with E-state index in [2.05, 4.69) is 4.74 Å². The largest absolute Gasteiger partial charge is 0.496 e. The van der Waals surface area contributed by atoms with Crippen molar-refractivity contribution < 1.29 is 27.4 Å². The fourth-order valence-electron chi connectivity index (χ4n) is 1.55. The summed E-state index contributed by atoms with van der Waals surface area (Å²) >= 11 is 0. The van der Waals surface area contributed by atoms with E-state index in [4.69, 9.17) is 4.74 Å². The smallest absolute Gasteiger partial charge is 0.416 e. The molecule has 0 spiro atoms. The number of methoxy groups -OCH3 is 2. The highest BCUT2D eigenvalue weighted by Gasteiger charge is 2.32. The van der Waals surface area contributed by atoms with Crippen molar-refractivity contribution in [2.45, 2.75) is 19.0 Å². The number of ether oxygens (including phenoxy) is 2. The van der Waals surface area contributed by atoms with Gasteiger partial charge in [-0.25, -0.2) is 0 Å². The van der Waals surface area contributed by atoms with Gasteiger partial charge in [-0.3, -0.25) is 4.79 Å². The average molecular weight is 262 g/mol. The van der Waals surface area contributed by atoms with Crippen LogP contribution in [-0.4, -0.2) is 20.2 Å². The Balaban J connectivity index is 3.26. The number of esters is 1. The van der Waals surface area contributed by atoms with E-state index < -0.39 is 23.6 Å². The molecule has 0 saturated carbocycles. The zero-order chi connectivity index (χ0) is 13.9. The SMILES string of the molecule is COC(=O)C(C)c1cc(C(F)(F)F)ccc1OC. The summed E-state index contributed by atoms with van der Waals surface area (Å²) in [4.78, 5) is 11.4. The Labute approximate surface area is 103 Å². The van der Waals surface area contributed by atoms with Gasteiger partial charge < -0.3 is 9.47 Å². The van der Waals surface area contributed by atoms with Gasteiger partial charge in [-0.15, -0.1) is 0 Å². The van der Waals surface area contributed by atoms with E-state index in [9.17, 15) is 18.0 Å². The predicted octanol–water partition coefficient (Wildman–Crippen LogP) is 2.99. The molecule has 1 rings (SSSR count). The van der Waals surface area contributed by atoms with Crippen molar-refractivity contribution in [3.05, 3.63) is 29.3 Å². The standard InChI is InChI=1S/C12H13F3O3/c1-7(11(16)18-3)9-6-8(12(13,14)15)4-5-10(9)17-2/h4-7H,1-3H3. The molecule has 100 valence electrons. The molecule has 0 aliphatic carbocycles. The van der Waals surface area contributed by atoms with Crippen molar-refractivity contribution in [3.63, 3.8) is 0 Å². The molecule has 1 aromatic carbocycles. The van der Waals surface area contributed by atoms with Crippen LogP contribution < -0.4 is 4.74 Å². The van der Waals surface area contributed by atoms with Crippen LogP contribution >= 0.6 is 0 Å². The van der Waals surface area contributed by atoms with Crippen LogP contribution in [0.5, 0.6) is 5.75 Å². The number of benzene rings is 1. The van der Waals surface area contributed by atoms with Crippen LogP contribution in [0.15, 0.2) is 18.2 Å². The zero-order valence-electron chi connectivity index (χ0n) is 10.2. The summed E-state index contributed by atoms with van der Waals surface area (Å²) in [5.74, 6) is -1.22. The van der Waals surface area contributed by atoms with Gasteiger partial charge in [0.05, 0.1) is 25.7 Å². The highest BCUT2D eigenvalue weighted by molar-refractivity contribution is 5.78. The molecule has 6 heteroatoms. The first-order valence-corrected chi connectivity index (χ1v) is 5.14. The fourth-order valence-corrected chi connectivity index (χ4v) is 1.55. The molecule has 0 N–H and O–H groups in total. The van der Waals surface area contributed by atoms with Crippen LogP contribution in [-0.2, 0) is 15.7 Å². The third kappa shape index (κ3) is 2.94. The van der Waals surface area contributed by atoms with Crippen LogP contribution in [0.3, 0.4) is 0 Å². The van der Waals surface area contributed by atoms with Crippen molar-refractivity contribution in [2.75, 3.05) is 14.2 Å². The molecule has 1 unspecified atom stereocenters. The Bertz CT molecular complexity index is 441. The minimum atomic E-state index is -4.46. The summed E-state index contributed by atoms with van der Waals surface area (Å²) in [5, 5.41) is 0. The predicted molar refractivity (Wildman–Crippen MR) is 58.4 cm³/mol. The maximum atomic E-state index is 12.6. The zero-order valence-corrected chi connectivity index (χ0v) is 10.2. The number of alkyl halides is 3. The van der Waals surface area contributed by atoms with Gasteiger partial charge >= 0.3 is 12.1 Å². The third-order valence-electron chi connectivity index (χ3n) is 2.58. The summed E-state index contributed by atoms with van der Waals surface area (Å²) < 4.78 is 47.2. The van der Waals surface area contributed by atoms with Gasteiger partial charge in [0.15, 0.2) is 0 Å². The van der Waals surface area contributed by atoms with Crippen LogP contribution in [0.4, 0.5) is 13.2 Å². The van der Waals surface area contributed by atoms with Crippen molar-refractivity contribution in [1.29, 1.82) is 0 Å². The van der Waals surface area contributed by atoms with Crippen LogP contribution in [0.2, 0.25) is 0 Å². The Morgan fingerprint density at radius 2 is 1.89 bits per heavy atom. The third-order valence-corrected chi connectivity index (χ3v) is 2.58. The highest BCUT2D eigenvalue weighted by Crippen LogP contribution is 2.35. The molecule has 0 aliphatic rings. The lowest BCUT2D eigenvalue weighted by Gasteiger charge is -2.16. The molecule has 0 bridgehead atoms. The average Bonchev–Trinajstić information content (AvgIpc) is 2.35. The molecule has 18 heavy (non-hydrogen) atoms. The number of halogens is 3. The van der Waals surface area contributed by atoms with Gasteiger partial charge in [0.25, 0.3) is 0 Å². The van der Waals surface area contributed by atoms with Crippen LogP contribution in [0.1, 0.15) is 24.0 Å². The van der Waals surface area contributed by atoms with Crippen LogP contribution in [0, 0.1) is 0 Å². The van der Waals surface area contributed by atoms with Gasteiger partial charge in [0.1, 0.15) is 5.75 Å². The summed E-state index contributed by atoms with van der Waals surface area (Å²) in [7, 11) is 2.51. The highest BCUT2D eigenvalue weighted by atomic mass is 19.4.